The Balaban J connectivity index is 2.24. The second kappa shape index (κ2) is 4.27. The highest BCUT2D eigenvalue weighted by Gasteiger charge is 2.19. The van der Waals surface area contributed by atoms with Crippen LogP contribution in [0.4, 0.5) is 0 Å². The fourth-order valence-electron chi connectivity index (χ4n) is 1.84. The maximum Gasteiger partial charge on any atom is 0.0177 e. The van der Waals surface area contributed by atoms with Gasteiger partial charge in [0.15, 0.2) is 0 Å². The van der Waals surface area contributed by atoms with Gasteiger partial charge in [-0.25, -0.2) is 0 Å². The zero-order valence-corrected chi connectivity index (χ0v) is 7.62. The molecule has 1 fully saturated rings. The van der Waals surface area contributed by atoms with E-state index in [2.05, 4.69) is 6.92 Å². The van der Waals surface area contributed by atoms with Gasteiger partial charge in [-0.05, 0) is 25.2 Å². The highest BCUT2D eigenvalue weighted by Crippen LogP contribution is 2.30. The lowest BCUT2D eigenvalue weighted by molar-refractivity contribution is 0.346. The molecular formula is C9H17S. The molecule has 1 aliphatic rings. The van der Waals surface area contributed by atoms with Gasteiger partial charge in [-0.2, -0.15) is 0 Å². The molecule has 1 unspecified atom stereocenters. The molecule has 1 atom stereocenters. The number of rotatable bonds is 2. The number of hydrogen-bond acceptors (Lipinski definition) is 0. The third-order valence-corrected chi connectivity index (χ3v) is 3.30. The third-order valence-electron chi connectivity index (χ3n) is 2.58. The van der Waals surface area contributed by atoms with Crippen molar-refractivity contribution < 1.29 is 0 Å². The summed E-state index contributed by atoms with van der Waals surface area (Å²) in [5.41, 5.74) is 0. The van der Waals surface area contributed by atoms with Crippen molar-refractivity contribution in [2.24, 2.45) is 5.92 Å². The van der Waals surface area contributed by atoms with Crippen molar-refractivity contribution in [2.45, 2.75) is 50.7 Å². The average Bonchev–Trinajstić information content (AvgIpc) is 2.05. The van der Waals surface area contributed by atoms with Gasteiger partial charge in [0.05, 0.1) is 0 Å². The lowest BCUT2D eigenvalue weighted by Gasteiger charge is -2.25. The third kappa shape index (κ3) is 2.19. The summed E-state index contributed by atoms with van der Waals surface area (Å²) in [7, 11) is 0. The molecule has 0 spiro atoms. The van der Waals surface area contributed by atoms with E-state index in [9.17, 15) is 0 Å². The minimum Gasteiger partial charge on any atom is -0.0902 e. The van der Waals surface area contributed by atoms with Gasteiger partial charge in [0.1, 0.15) is 0 Å². The second-order valence-electron chi connectivity index (χ2n) is 3.34. The van der Waals surface area contributed by atoms with Gasteiger partial charge in [0.25, 0.3) is 0 Å². The van der Waals surface area contributed by atoms with Crippen LogP contribution in [-0.4, -0.2) is 5.25 Å². The maximum atomic E-state index is 5.36. The molecule has 0 nitrogen and oxygen atoms in total. The summed E-state index contributed by atoms with van der Waals surface area (Å²) < 4.78 is 0. The molecule has 1 saturated carbocycles. The second-order valence-corrected chi connectivity index (χ2v) is 3.95. The van der Waals surface area contributed by atoms with Gasteiger partial charge in [-0.15, -0.1) is 0 Å². The summed E-state index contributed by atoms with van der Waals surface area (Å²) in [6.45, 7) is 2.21. The van der Waals surface area contributed by atoms with Crippen LogP contribution in [0.3, 0.4) is 0 Å². The average molecular weight is 157 g/mol. The molecular weight excluding hydrogens is 140 g/mol. The van der Waals surface area contributed by atoms with Crippen LogP contribution in [0, 0.1) is 5.92 Å². The Morgan fingerprint density at radius 1 is 1.30 bits per heavy atom. The van der Waals surface area contributed by atoms with Gasteiger partial charge in [-0.1, -0.05) is 38.8 Å². The van der Waals surface area contributed by atoms with E-state index in [0.29, 0.717) is 5.25 Å². The normalized spacial score (nSPS) is 24.6. The van der Waals surface area contributed by atoms with Crippen molar-refractivity contribution in [3.05, 3.63) is 0 Å². The molecule has 1 rings (SSSR count). The molecule has 1 aliphatic carbocycles. The van der Waals surface area contributed by atoms with E-state index >= 15 is 0 Å². The van der Waals surface area contributed by atoms with Gasteiger partial charge in [0, 0.05) is 5.25 Å². The van der Waals surface area contributed by atoms with Gasteiger partial charge < -0.3 is 0 Å². The zero-order valence-electron chi connectivity index (χ0n) is 6.81. The first-order valence-corrected chi connectivity index (χ1v) is 4.97. The van der Waals surface area contributed by atoms with Crippen molar-refractivity contribution >= 4 is 12.6 Å². The Morgan fingerprint density at radius 2 is 1.90 bits per heavy atom. The quantitative estimate of drug-likeness (QED) is 0.575. The van der Waals surface area contributed by atoms with E-state index in [-0.39, 0.29) is 0 Å². The molecule has 1 heteroatoms. The summed E-state index contributed by atoms with van der Waals surface area (Å²) >= 11 is 5.36. The summed E-state index contributed by atoms with van der Waals surface area (Å²) in [4.78, 5) is 0. The van der Waals surface area contributed by atoms with E-state index in [1.165, 1.54) is 38.5 Å². The van der Waals surface area contributed by atoms with Crippen LogP contribution in [0.15, 0.2) is 0 Å². The standard InChI is InChI=1S/C9H17S/c1-2-9(10)8-6-4-3-5-7-8/h8-9H,2-7H2,1H3. The van der Waals surface area contributed by atoms with Crippen molar-refractivity contribution in [1.82, 2.24) is 0 Å². The largest absolute Gasteiger partial charge is 0.0902 e. The van der Waals surface area contributed by atoms with E-state index < -0.39 is 0 Å². The first kappa shape index (κ1) is 8.45. The summed E-state index contributed by atoms with van der Waals surface area (Å²) in [6, 6.07) is 0. The first-order chi connectivity index (χ1) is 4.84. The Kier molecular flexibility index (Phi) is 3.61. The fraction of sp³-hybridized carbons (Fsp3) is 1.00. The summed E-state index contributed by atoms with van der Waals surface area (Å²) in [5.74, 6) is 0.883. The van der Waals surface area contributed by atoms with Crippen molar-refractivity contribution in [2.75, 3.05) is 0 Å². The van der Waals surface area contributed by atoms with Crippen LogP contribution in [0.5, 0.6) is 0 Å². The van der Waals surface area contributed by atoms with Crippen LogP contribution in [0.1, 0.15) is 45.4 Å². The molecule has 0 bridgehead atoms. The van der Waals surface area contributed by atoms with E-state index in [0.717, 1.165) is 5.92 Å². The molecule has 1 radical (unpaired) electrons. The van der Waals surface area contributed by atoms with Gasteiger partial charge in [0.2, 0.25) is 0 Å². The Morgan fingerprint density at radius 3 is 2.40 bits per heavy atom. The van der Waals surface area contributed by atoms with Gasteiger partial charge in [-0.3, -0.25) is 0 Å². The first-order valence-electron chi connectivity index (χ1n) is 4.50. The van der Waals surface area contributed by atoms with Crippen molar-refractivity contribution in [3.8, 4) is 0 Å². The predicted octanol–water partition coefficient (Wildman–Crippen LogP) is 3.54. The van der Waals surface area contributed by atoms with Crippen LogP contribution in [-0.2, 0) is 0 Å². The highest BCUT2D eigenvalue weighted by molar-refractivity contribution is 7.81. The molecule has 0 heterocycles. The molecule has 0 aromatic carbocycles. The smallest absolute Gasteiger partial charge is 0.0177 e. The lowest BCUT2D eigenvalue weighted by atomic mass is 9.86. The van der Waals surface area contributed by atoms with Crippen LogP contribution >= 0.6 is 12.6 Å². The summed E-state index contributed by atoms with van der Waals surface area (Å²) in [6.07, 6.45) is 8.31. The Bertz CT molecular complexity index is 84.7. The molecule has 0 aliphatic heterocycles. The Hall–Kier alpha value is 0.350. The lowest BCUT2D eigenvalue weighted by Crippen LogP contribution is -2.17. The van der Waals surface area contributed by atoms with Gasteiger partial charge >= 0.3 is 0 Å². The SMILES string of the molecule is CCC([S])C1CCCCC1. The Labute approximate surface area is 69.8 Å². The minimum atomic E-state index is 0.570. The molecule has 0 aromatic rings. The van der Waals surface area contributed by atoms with Crippen LogP contribution in [0.2, 0.25) is 0 Å². The summed E-state index contributed by atoms with van der Waals surface area (Å²) in [5, 5.41) is 0.570. The topological polar surface area (TPSA) is 0 Å². The van der Waals surface area contributed by atoms with Crippen molar-refractivity contribution in [3.63, 3.8) is 0 Å². The molecule has 0 N–H and O–H groups in total. The van der Waals surface area contributed by atoms with Crippen LogP contribution < -0.4 is 0 Å². The zero-order chi connectivity index (χ0) is 7.40. The van der Waals surface area contributed by atoms with E-state index in [4.69, 9.17) is 12.6 Å². The molecule has 10 heavy (non-hydrogen) atoms. The monoisotopic (exact) mass is 157 g/mol. The maximum absolute atomic E-state index is 5.36. The van der Waals surface area contributed by atoms with Crippen LogP contribution in [0.25, 0.3) is 0 Å². The molecule has 0 saturated heterocycles. The molecule has 0 aromatic heterocycles. The molecule has 59 valence electrons. The predicted molar refractivity (Wildman–Crippen MR) is 48.2 cm³/mol. The fourth-order valence-corrected chi connectivity index (χ4v) is 2.11. The molecule has 0 amide bonds. The number of hydrogen-bond donors (Lipinski definition) is 0. The van der Waals surface area contributed by atoms with E-state index in [1.54, 1.807) is 0 Å². The minimum absolute atomic E-state index is 0.570. The van der Waals surface area contributed by atoms with Crippen molar-refractivity contribution in [1.29, 1.82) is 0 Å². The van der Waals surface area contributed by atoms with E-state index in [1.807, 2.05) is 0 Å². The highest BCUT2D eigenvalue weighted by atomic mass is 32.1.